The number of benzene rings is 2. The van der Waals surface area contributed by atoms with Crippen molar-refractivity contribution < 1.29 is 23.7 Å². The van der Waals surface area contributed by atoms with Crippen LogP contribution in [0.1, 0.15) is 43.9 Å². The SMILES string of the molecule is CCCC1=C(C(=O)OCC)C(c2cccc(OC)c2)n2c(s/c(=C\c3ccc4c(c3)OCO4)c2=O)=N1. The van der Waals surface area contributed by atoms with Gasteiger partial charge in [-0.2, -0.15) is 0 Å². The number of esters is 1. The van der Waals surface area contributed by atoms with Gasteiger partial charge in [0.15, 0.2) is 16.3 Å². The van der Waals surface area contributed by atoms with E-state index in [0.717, 1.165) is 17.5 Å². The van der Waals surface area contributed by atoms with E-state index in [1.807, 2.05) is 55.5 Å². The number of ether oxygens (including phenoxy) is 4. The topological polar surface area (TPSA) is 88.4 Å². The Bertz CT molecular complexity index is 1530. The maximum Gasteiger partial charge on any atom is 0.338 e. The molecule has 0 saturated carbocycles. The Hall–Kier alpha value is -3.85. The van der Waals surface area contributed by atoms with Crippen molar-refractivity contribution in [3.63, 3.8) is 0 Å². The minimum absolute atomic E-state index is 0.179. The van der Waals surface area contributed by atoms with Crippen molar-refractivity contribution >= 4 is 23.4 Å². The zero-order chi connectivity index (χ0) is 25.2. The van der Waals surface area contributed by atoms with Crippen molar-refractivity contribution in [3.05, 3.63) is 84.5 Å². The molecule has 8 nitrogen and oxygen atoms in total. The average Bonchev–Trinajstić information content (AvgIpc) is 3.47. The first kappa shape index (κ1) is 23.9. The molecule has 2 aromatic carbocycles. The Morgan fingerprint density at radius 2 is 2.03 bits per heavy atom. The molecule has 0 amide bonds. The molecule has 0 N–H and O–H groups in total. The minimum Gasteiger partial charge on any atom is -0.497 e. The number of aromatic nitrogens is 1. The number of nitrogens with zero attached hydrogens (tertiary/aromatic N) is 2. The number of carbonyl (C=O) groups excluding carboxylic acids is 1. The third-order valence-electron chi connectivity index (χ3n) is 6.00. The first-order chi connectivity index (χ1) is 17.5. The van der Waals surface area contributed by atoms with Crippen LogP contribution in [0.3, 0.4) is 0 Å². The molecular weight excluding hydrogens is 480 g/mol. The number of hydrogen-bond donors (Lipinski definition) is 0. The van der Waals surface area contributed by atoms with E-state index in [4.69, 9.17) is 23.9 Å². The van der Waals surface area contributed by atoms with E-state index in [9.17, 15) is 9.59 Å². The molecule has 3 aromatic rings. The molecule has 3 heterocycles. The molecule has 0 radical (unpaired) electrons. The number of carbonyl (C=O) groups is 1. The van der Waals surface area contributed by atoms with Gasteiger partial charge in [0.05, 0.1) is 35.6 Å². The zero-order valence-electron chi connectivity index (χ0n) is 20.3. The fourth-order valence-corrected chi connectivity index (χ4v) is 5.42. The summed E-state index contributed by atoms with van der Waals surface area (Å²) in [5.74, 6) is 1.48. The van der Waals surface area contributed by atoms with Crippen LogP contribution in [0.25, 0.3) is 6.08 Å². The van der Waals surface area contributed by atoms with Gasteiger partial charge < -0.3 is 18.9 Å². The van der Waals surface area contributed by atoms with Crippen LogP contribution < -0.4 is 29.1 Å². The van der Waals surface area contributed by atoms with Crippen LogP contribution in [0.15, 0.2) is 63.5 Å². The highest BCUT2D eigenvalue weighted by molar-refractivity contribution is 7.07. The highest BCUT2D eigenvalue weighted by Gasteiger charge is 2.34. The van der Waals surface area contributed by atoms with E-state index >= 15 is 0 Å². The van der Waals surface area contributed by atoms with E-state index < -0.39 is 12.0 Å². The summed E-state index contributed by atoms with van der Waals surface area (Å²) in [4.78, 5) is 32.4. The van der Waals surface area contributed by atoms with Gasteiger partial charge in [-0.1, -0.05) is 42.9 Å². The molecule has 0 bridgehead atoms. The molecule has 36 heavy (non-hydrogen) atoms. The maximum absolute atomic E-state index is 13.8. The molecule has 0 aliphatic carbocycles. The molecule has 2 aliphatic heterocycles. The summed E-state index contributed by atoms with van der Waals surface area (Å²) in [6.45, 7) is 4.19. The summed E-state index contributed by atoms with van der Waals surface area (Å²) in [6, 6.07) is 12.2. The van der Waals surface area contributed by atoms with Crippen molar-refractivity contribution in [1.82, 2.24) is 4.57 Å². The highest BCUT2D eigenvalue weighted by atomic mass is 32.1. The molecule has 0 spiro atoms. The largest absolute Gasteiger partial charge is 0.497 e. The second-order valence-corrected chi connectivity index (χ2v) is 9.31. The van der Waals surface area contributed by atoms with Gasteiger partial charge in [-0.3, -0.25) is 9.36 Å². The van der Waals surface area contributed by atoms with E-state index in [-0.39, 0.29) is 19.0 Å². The van der Waals surface area contributed by atoms with Gasteiger partial charge in [0.25, 0.3) is 5.56 Å². The second kappa shape index (κ2) is 10.0. The van der Waals surface area contributed by atoms with Crippen molar-refractivity contribution in [3.8, 4) is 17.2 Å². The van der Waals surface area contributed by atoms with Crippen molar-refractivity contribution in [2.24, 2.45) is 4.99 Å². The predicted molar refractivity (Wildman–Crippen MR) is 135 cm³/mol. The maximum atomic E-state index is 13.8. The molecule has 9 heteroatoms. The van der Waals surface area contributed by atoms with Gasteiger partial charge in [0.2, 0.25) is 6.79 Å². The van der Waals surface area contributed by atoms with Gasteiger partial charge in [0, 0.05) is 0 Å². The lowest BCUT2D eigenvalue weighted by Crippen LogP contribution is -2.40. The van der Waals surface area contributed by atoms with E-state index in [1.54, 1.807) is 18.6 Å². The lowest BCUT2D eigenvalue weighted by molar-refractivity contribution is -0.139. The molecule has 1 unspecified atom stereocenters. The Labute approximate surface area is 211 Å². The predicted octanol–water partition coefficient (Wildman–Crippen LogP) is 3.32. The fraction of sp³-hybridized carbons (Fsp3) is 0.296. The first-order valence-electron chi connectivity index (χ1n) is 11.8. The molecule has 1 atom stereocenters. The zero-order valence-corrected chi connectivity index (χ0v) is 21.1. The summed E-state index contributed by atoms with van der Waals surface area (Å²) in [7, 11) is 1.58. The molecular formula is C27H26N2O6S. The molecule has 2 aliphatic rings. The van der Waals surface area contributed by atoms with Crippen molar-refractivity contribution in [2.75, 3.05) is 20.5 Å². The third-order valence-corrected chi connectivity index (χ3v) is 6.98. The number of allylic oxidation sites excluding steroid dienone is 1. The molecule has 0 saturated heterocycles. The number of fused-ring (bicyclic) bond motifs is 2. The van der Waals surface area contributed by atoms with Gasteiger partial charge >= 0.3 is 5.97 Å². The van der Waals surface area contributed by atoms with Crippen LogP contribution in [0, 0.1) is 0 Å². The number of hydrogen-bond acceptors (Lipinski definition) is 8. The van der Waals surface area contributed by atoms with Gasteiger partial charge in [-0.25, -0.2) is 9.79 Å². The Balaban J connectivity index is 1.73. The summed E-state index contributed by atoms with van der Waals surface area (Å²) < 4.78 is 23.8. The van der Waals surface area contributed by atoms with Crippen LogP contribution in [-0.2, 0) is 9.53 Å². The van der Waals surface area contributed by atoms with Crippen LogP contribution >= 0.6 is 11.3 Å². The van der Waals surface area contributed by atoms with Crippen LogP contribution in [0.2, 0.25) is 0 Å². The standard InChI is InChI=1S/C27H26N2O6S/c1-4-7-19-23(26(31)33-5-2)24(17-8-6-9-18(14-17)32-3)29-25(30)22(36-27(29)28-19)13-16-10-11-20-21(12-16)35-15-34-20/h6,8-14,24H,4-5,7,15H2,1-3H3/b22-13-. The Kier molecular flexibility index (Phi) is 6.65. The lowest BCUT2D eigenvalue weighted by atomic mass is 9.94. The normalized spacial score (nSPS) is 16.5. The molecule has 0 fully saturated rings. The van der Waals surface area contributed by atoms with Gasteiger partial charge in [0.1, 0.15) is 5.75 Å². The first-order valence-corrected chi connectivity index (χ1v) is 12.6. The third kappa shape index (κ3) is 4.30. The quantitative estimate of drug-likeness (QED) is 0.457. The number of methoxy groups -OCH3 is 1. The molecule has 5 rings (SSSR count). The lowest BCUT2D eigenvalue weighted by Gasteiger charge is -2.26. The Morgan fingerprint density at radius 3 is 2.81 bits per heavy atom. The van der Waals surface area contributed by atoms with Crippen molar-refractivity contribution in [2.45, 2.75) is 32.7 Å². The van der Waals surface area contributed by atoms with Crippen LogP contribution in [0.5, 0.6) is 17.2 Å². The minimum atomic E-state index is -0.684. The smallest absolute Gasteiger partial charge is 0.338 e. The highest BCUT2D eigenvalue weighted by Crippen LogP contribution is 2.34. The number of rotatable bonds is 7. The van der Waals surface area contributed by atoms with Crippen LogP contribution in [-0.4, -0.2) is 31.0 Å². The Morgan fingerprint density at radius 1 is 1.19 bits per heavy atom. The molecule has 186 valence electrons. The van der Waals surface area contributed by atoms with E-state index in [1.165, 1.54) is 11.3 Å². The summed E-state index contributed by atoms with van der Waals surface area (Å²) in [5, 5.41) is 0. The average molecular weight is 507 g/mol. The number of thiazole rings is 1. The van der Waals surface area contributed by atoms with E-state index in [2.05, 4.69) is 0 Å². The van der Waals surface area contributed by atoms with Crippen LogP contribution in [0.4, 0.5) is 0 Å². The van der Waals surface area contributed by atoms with Gasteiger partial charge in [-0.15, -0.1) is 0 Å². The molecule has 1 aromatic heterocycles. The second-order valence-electron chi connectivity index (χ2n) is 8.30. The van der Waals surface area contributed by atoms with Crippen molar-refractivity contribution in [1.29, 1.82) is 0 Å². The fourth-order valence-electron chi connectivity index (χ4n) is 4.40. The summed E-state index contributed by atoms with van der Waals surface area (Å²) in [5.41, 5.74) is 2.34. The van der Waals surface area contributed by atoms with E-state index in [0.29, 0.717) is 44.3 Å². The monoisotopic (exact) mass is 506 g/mol. The summed E-state index contributed by atoms with van der Waals surface area (Å²) >= 11 is 1.29. The van der Waals surface area contributed by atoms with Gasteiger partial charge in [-0.05, 0) is 54.8 Å². The summed E-state index contributed by atoms with van der Waals surface area (Å²) in [6.07, 6.45) is 3.18.